The summed E-state index contributed by atoms with van der Waals surface area (Å²) in [6.45, 7) is 3.84. The Balaban J connectivity index is 1.60. The predicted octanol–water partition coefficient (Wildman–Crippen LogP) is 2.37. The molecule has 0 spiro atoms. The van der Waals surface area contributed by atoms with E-state index >= 15 is 0 Å². The van der Waals surface area contributed by atoms with E-state index in [1.54, 1.807) is 12.4 Å². The first-order valence-corrected chi connectivity index (χ1v) is 7.52. The van der Waals surface area contributed by atoms with Crippen molar-refractivity contribution in [2.45, 2.75) is 32.5 Å². The van der Waals surface area contributed by atoms with Crippen LogP contribution in [0, 0.1) is 5.82 Å². The van der Waals surface area contributed by atoms with Crippen LogP contribution < -0.4 is 4.90 Å². The molecule has 1 saturated heterocycles. The zero-order valence-electron chi connectivity index (χ0n) is 12.6. The van der Waals surface area contributed by atoms with Gasteiger partial charge in [-0.05, 0) is 30.5 Å². The Morgan fingerprint density at radius 1 is 1.32 bits per heavy atom. The molecule has 0 bridgehead atoms. The van der Waals surface area contributed by atoms with Crippen molar-refractivity contribution < 1.29 is 9.13 Å². The lowest BCUT2D eigenvalue weighted by molar-refractivity contribution is 0.0552. The molecule has 2 aromatic heterocycles. The summed E-state index contributed by atoms with van der Waals surface area (Å²) in [6.07, 6.45) is 6.47. The summed E-state index contributed by atoms with van der Waals surface area (Å²) in [5, 5.41) is 0. The number of hydrogen-bond donors (Lipinski definition) is 0. The van der Waals surface area contributed by atoms with Crippen LogP contribution in [0.5, 0.6) is 0 Å². The highest BCUT2D eigenvalue weighted by atomic mass is 19.1. The van der Waals surface area contributed by atoms with Gasteiger partial charge in [-0.2, -0.15) is 0 Å². The maximum atomic E-state index is 14.3. The number of rotatable bonds is 5. The molecule has 116 valence electrons. The average molecular weight is 302 g/mol. The molecule has 0 unspecified atom stereocenters. The zero-order valence-corrected chi connectivity index (χ0v) is 12.6. The molecule has 0 radical (unpaired) electrons. The summed E-state index contributed by atoms with van der Waals surface area (Å²) in [5.41, 5.74) is 1.56. The molecule has 6 heteroatoms. The first kappa shape index (κ1) is 14.8. The van der Waals surface area contributed by atoms with Crippen molar-refractivity contribution in [3.8, 4) is 0 Å². The molecule has 3 rings (SSSR count). The Kier molecular flexibility index (Phi) is 4.58. The second-order valence-corrected chi connectivity index (χ2v) is 5.33. The van der Waals surface area contributed by atoms with Gasteiger partial charge in [0.25, 0.3) is 0 Å². The molecular formula is C16H19FN4O. The van der Waals surface area contributed by atoms with Gasteiger partial charge in [-0.15, -0.1) is 0 Å². The molecule has 22 heavy (non-hydrogen) atoms. The second kappa shape index (κ2) is 6.79. The fourth-order valence-electron chi connectivity index (χ4n) is 2.61. The van der Waals surface area contributed by atoms with Gasteiger partial charge in [0, 0.05) is 25.5 Å². The largest absolute Gasteiger partial charge is 0.372 e. The molecular weight excluding hydrogens is 283 g/mol. The van der Waals surface area contributed by atoms with Crippen LogP contribution >= 0.6 is 0 Å². The van der Waals surface area contributed by atoms with Crippen LogP contribution in [0.2, 0.25) is 0 Å². The van der Waals surface area contributed by atoms with Gasteiger partial charge < -0.3 is 9.64 Å². The third-order valence-corrected chi connectivity index (χ3v) is 3.86. The Morgan fingerprint density at radius 2 is 2.14 bits per heavy atom. The van der Waals surface area contributed by atoms with Crippen molar-refractivity contribution in [2.75, 3.05) is 18.0 Å². The Bertz CT molecular complexity index is 623. The first-order valence-electron chi connectivity index (χ1n) is 7.52. The molecule has 1 aliphatic heterocycles. The van der Waals surface area contributed by atoms with Crippen LogP contribution in [-0.2, 0) is 17.8 Å². The van der Waals surface area contributed by atoms with Gasteiger partial charge in [-0.25, -0.2) is 14.4 Å². The van der Waals surface area contributed by atoms with E-state index in [4.69, 9.17) is 4.74 Å². The van der Waals surface area contributed by atoms with Gasteiger partial charge in [0.05, 0.1) is 18.4 Å². The standard InChI is InChI=1S/C16H19FN4O/c1-2-14-15(17)16(20-11-19-14)21-8-5-13(9-21)22-10-12-3-6-18-7-4-12/h3-4,6-7,11,13H,2,5,8-10H2,1H3/t13-/m1/s1. The summed E-state index contributed by atoms with van der Waals surface area (Å²) < 4.78 is 20.2. The van der Waals surface area contributed by atoms with Crippen LogP contribution in [0.4, 0.5) is 10.2 Å². The first-order chi connectivity index (χ1) is 10.8. The molecule has 1 fully saturated rings. The molecule has 0 aliphatic carbocycles. The molecule has 0 amide bonds. The average Bonchev–Trinajstić information content (AvgIpc) is 3.03. The van der Waals surface area contributed by atoms with E-state index in [1.165, 1.54) is 6.33 Å². The molecule has 3 heterocycles. The summed E-state index contributed by atoms with van der Waals surface area (Å²) in [5.74, 6) is 0.0849. The summed E-state index contributed by atoms with van der Waals surface area (Å²) in [7, 11) is 0. The van der Waals surface area contributed by atoms with E-state index in [0.29, 0.717) is 31.1 Å². The number of aryl methyl sites for hydroxylation is 1. The van der Waals surface area contributed by atoms with Crippen molar-refractivity contribution in [1.29, 1.82) is 0 Å². The van der Waals surface area contributed by atoms with Crippen LogP contribution in [0.25, 0.3) is 0 Å². The van der Waals surface area contributed by atoms with Crippen molar-refractivity contribution in [3.63, 3.8) is 0 Å². The summed E-state index contributed by atoms with van der Waals surface area (Å²) in [4.78, 5) is 14.0. The number of pyridine rings is 1. The normalized spacial score (nSPS) is 17.9. The molecule has 1 atom stereocenters. The third kappa shape index (κ3) is 3.22. The summed E-state index contributed by atoms with van der Waals surface area (Å²) in [6, 6.07) is 3.87. The van der Waals surface area contributed by atoms with E-state index in [0.717, 1.165) is 18.5 Å². The fourth-order valence-corrected chi connectivity index (χ4v) is 2.61. The van der Waals surface area contributed by atoms with Gasteiger partial charge in [0.2, 0.25) is 0 Å². The van der Waals surface area contributed by atoms with Gasteiger partial charge in [-0.3, -0.25) is 4.98 Å². The Labute approximate surface area is 129 Å². The van der Waals surface area contributed by atoms with Crippen LogP contribution in [0.1, 0.15) is 24.6 Å². The van der Waals surface area contributed by atoms with Crippen LogP contribution in [0.3, 0.4) is 0 Å². The number of ether oxygens (including phenoxy) is 1. The predicted molar refractivity (Wildman–Crippen MR) is 81.0 cm³/mol. The fraction of sp³-hybridized carbons (Fsp3) is 0.438. The van der Waals surface area contributed by atoms with Crippen molar-refractivity contribution in [2.24, 2.45) is 0 Å². The highest BCUT2D eigenvalue weighted by Crippen LogP contribution is 2.24. The van der Waals surface area contributed by atoms with Gasteiger partial charge >= 0.3 is 0 Å². The monoisotopic (exact) mass is 302 g/mol. The van der Waals surface area contributed by atoms with Gasteiger partial charge in [0.1, 0.15) is 6.33 Å². The molecule has 0 aromatic carbocycles. The van der Waals surface area contributed by atoms with Gasteiger partial charge in [-0.1, -0.05) is 6.92 Å². The molecule has 0 saturated carbocycles. The number of hydrogen-bond acceptors (Lipinski definition) is 5. The number of anilines is 1. The minimum absolute atomic E-state index is 0.0904. The quantitative estimate of drug-likeness (QED) is 0.848. The smallest absolute Gasteiger partial charge is 0.187 e. The Morgan fingerprint density at radius 3 is 2.91 bits per heavy atom. The molecule has 2 aromatic rings. The molecule has 1 aliphatic rings. The lowest BCUT2D eigenvalue weighted by Gasteiger charge is -2.18. The maximum absolute atomic E-state index is 14.3. The van der Waals surface area contributed by atoms with E-state index in [9.17, 15) is 4.39 Å². The molecule has 0 N–H and O–H groups in total. The van der Waals surface area contributed by atoms with E-state index in [1.807, 2.05) is 24.0 Å². The van der Waals surface area contributed by atoms with Crippen molar-refractivity contribution in [3.05, 3.63) is 47.9 Å². The Hall–Kier alpha value is -2.08. The topological polar surface area (TPSA) is 51.1 Å². The minimum atomic E-state index is -0.306. The van der Waals surface area contributed by atoms with Crippen molar-refractivity contribution >= 4 is 5.82 Å². The highest BCUT2D eigenvalue weighted by Gasteiger charge is 2.27. The molecule has 5 nitrogen and oxygen atoms in total. The van der Waals surface area contributed by atoms with E-state index < -0.39 is 0 Å². The lowest BCUT2D eigenvalue weighted by atomic mass is 10.3. The van der Waals surface area contributed by atoms with Crippen LogP contribution in [0.15, 0.2) is 30.9 Å². The third-order valence-electron chi connectivity index (χ3n) is 3.86. The highest BCUT2D eigenvalue weighted by molar-refractivity contribution is 5.42. The number of halogens is 1. The van der Waals surface area contributed by atoms with Crippen LogP contribution in [-0.4, -0.2) is 34.1 Å². The van der Waals surface area contributed by atoms with E-state index in [2.05, 4.69) is 15.0 Å². The van der Waals surface area contributed by atoms with E-state index in [-0.39, 0.29) is 11.9 Å². The zero-order chi connectivity index (χ0) is 15.4. The maximum Gasteiger partial charge on any atom is 0.187 e. The lowest BCUT2D eigenvalue weighted by Crippen LogP contribution is -2.25. The number of nitrogens with zero attached hydrogens (tertiary/aromatic N) is 4. The minimum Gasteiger partial charge on any atom is -0.372 e. The summed E-state index contributed by atoms with van der Waals surface area (Å²) >= 11 is 0. The number of aromatic nitrogens is 3. The van der Waals surface area contributed by atoms with Gasteiger partial charge in [0.15, 0.2) is 11.6 Å². The SMILES string of the molecule is CCc1ncnc(N2CC[C@@H](OCc3ccncc3)C2)c1F. The second-order valence-electron chi connectivity index (χ2n) is 5.33. The van der Waals surface area contributed by atoms with Crippen molar-refractivity contribution in [1.82, 2.24) is 15.0 Å².